The van der Waals surface area contributed by atoms with Crippen molar-refractivity contribution in [1.29, 1.82) is 0 Å². The molecule has 0 aliphatic heterocycles. The van der Waals surface area contributed by atoms with Crippen molar-refractivity contribution in [3.05, 3.63) is 40.7 Å². The molecule has 2 heterocycles. The van der Waals surface area contributed by atoms with E-state index in [4.69, 9.17) is 16.1 Å². The first-order chi connectivity index (χ1) is 11.2. The molecule has 2 aromatic heterocycles. The number of nitrogens with zero attached hydrogens (tertiary/aromatic N) is 4. The Morgan fingerprint density at radius 3 is 3.00 bits per heavy atom. The van der Waals surface area contributed by atoms with Crippen LogP contribution in [0.25, 0.3) is 11.4 Å². The van der Waals surface area contributed by atoms with E-state index in [1.54, 1.807) is 11.6 Å². The number of anilines is 1. The van der Waals surface area contributed by atoms with Crippen molar-refractivity contribution in [2.75, 3.05) is 5.32 Å². The van der Waals surface area contributed by atoms with Gasteiger partial charge >= 0.3 is 0 Å². The van der Waals surface area contributed by atoms with Gasteiger partial charge in [0.15, 0.2) is 0 Å². The largest absolute Gasteiger partial charge is 0.339 e. The number of aryl methyl sites for hydroxylation is 1. The highest BCUT2D eigenvalue weighted by Crippen LogP contribution is 2.25. The van der Waals surface area contributed by atoms with E-state index in [0.717, 1.165) is 5.56 Å². The molecule has 0 bridgehead atoms. The third-order valence-corrected chi connectivity index (χ3v) is 3.92. The summed E-state index contributed by atoms with van der Waals surface area (Å²) in [6.45, 7) is 0. The number of hydrogen-bond donors (Lipinski definition) is 1. The molecule has 7 nitrogen and oxygen atoms in total. The minimum absolute atomic E-state index is 0.118. The van der Waals surface area contributed by atoms with Crippen molar-refractivity contribution < 1.29 is 9.32 Å². The number of amides is 1. The summed E-state index contributed by atoms with van der Waals surface area (Å²) < 4.78 is 5.19. The predicted molar refractivity (Wildman–Crippen MR) is 86.2 cm³/mol. The summed E-state index contributed by atoms with van der Waals surface area (Å²) >= 11 is 7.37. The van der Waals surface area contributed by atoms with E-state index in [1.165, 1.54) is 11.3 Å². The fourth-order valence-electron chi connectivity index (χ4n) is 1.92. The Hall–Kier alpha value is -2.32. The maximum Gasteiger partial charge on any atom is 0.226 e. The fourth-order valence-corrected chi connectivity index (χ4v) is 2.60. The summed E-state index contributed by atoms with van der Waals surface area (Å²) in [5.74, 6) is 0.806. The molecule has 0 aliphatic carbocycles. The number of halogens is 1. The lowest BCUT2D eigenvalue weighted by atomic mass is 10.2. The molecule has 0 unspecified atom stereocenters. The van der Waals surface area contributed by atoms with Crippen molar-refractivity contribution in [2.45, 2.75) is 19.3 Å². The van der Waals surface area contributed by atoms with Gasteiger partial charge in [-0.15, -0.1) is 10.2 Å². The molecule has 0 saturated heterocycles. The average molecular weight is 350 g/mol. The number of carbonyl (C=O) groups is 1. The number of benzene rings is 1. The Bertz CT molecular complexity index is 790. The van der Waals surface area contributed by atoms with Crippen LogP contribution in [0.3, 0.4) is 0 Å². The van der Waals surface area contributed by atoms with Gasteiger partial charge in [-0.05, 0) is 18.6 Å². The zero-order chi connectivity index (χ0) is 16.1. The maximum atomic E-state index is 11.7. The molecule has 3 rings (SSSR count). The maximum absolute atomic E-state index is 11.7. The van der Waals surface area contributed by atoms with Gasteiger partial charge in [0.1, 0.15) is 5.51 Å². The minimum Gasteiger partial charge on any atom is -0.339 e. The van der Waals surface area contributed by atoms with Gasteiger partial charge in [-0.25, -0.2) is 0 Å². The second-order valence-electron chi connectivity index (χ2n) is 4.64. The number of aromatic nitrogens is 4. The van der Waals surface area contributed by atoms with E-state index >= 15 is 0 Å². The van der Waals surface area contributed by atoms with E-state index in [-0.39, 0.29) is 5.91 Å². The van der Waals surface area contributed by atoms with Crippen molar-refractivity contribution in [3.63, 3.8) is 0 Å². The topological polar surface area (TPSA) is 93.8 Å². The lowest BCUT2D eigenvalue weighted by Crippen LogP contribution is -2.11. The number of rotatable bonds is 6. The van der Waals surface area contributed by atoms with Crippen LogP contribution in [0.2, 0.25) is 5.02 Å². The van der Waals surface area contributed by atoms with Crippen molar-refractivity contribution >= 4 is 34.0 Å². The van der Waals surface area contributed by atoms with Gasteiger partial charge in [0.25, 0.3) is 0 Å². The third-order valence-electron chi connectivity index (χ3n) is 2.98. The molecule has 0 fully saturated rings. The van der Waals surface area contributed by atoms with Gasteiger partial charge in [-0.1, -0.05) is 40.2 Å². The second-order valence-corrected chi connectivity index (χ2v) is 5.88. The monoisotopic (exact) mass is 349 g/mol. The van der Waals surface area contributed by atoms with Crippen molar-refractivity contribution in [1.82, 2.24) is 20.3 Å². The number of carbonyl (C=O) groups excluding carboxylic acids is 1. The lowest BCUT2D eigenvalue weighted by molar-refractivity contribution is -0.116. The third kappa shape index (κ3) is 4.11. The van der Waals surface area contributed by atoms with E-state index in [1.807, 2.05) is 18.2 Å². The standard InChI is InChI=1S/C14H12ClN5O2S/c15-10-5-2-1-4-9(10)13-18-12(22-20-13)7-3-6-11(21)17-14-19-16-8-23-14/h1-2,4-5,8H,3,6-7H2,(H,17,19,21). The lowest BCUT2D eigenvalue weighted by Gasteiger charge is -1.99. The van der Waals surface area contributed by atoms with Crippen LogP contribution < -0.4 is 5.32 Å². The van der Waals surface area contributed by atoms with Crippen molar-refractivity contribution in [2.24, 2.45) is 0 Å². The van der Waals surface area contributed by atoms with E-state index in [2.05, 4.69) is 25.7 Å². The molecule has 1 amide bonds. The highest BCUT2D eigenvalue weighted by atomic mass is 35.5. The molecule has 0 saturated carbocycles. The summed E-state index contributed by atoms with van der Waals surface area (Å²) in [4.78, 5) is 16.0. The van der Waals surface area contributed by atoms with Gasteiger partial charge in [0, 0.05) is 18.4 Å². The van der Waals surface area contributed by atoms with Crippen LogP contribution in [0.15, 0.2) is 34.3 Å². The Balaban J connectivity index is 1.52. The van der Waals surface area contributed by atoms with Gasteiger partial charge in [0.05, 0.1) is 5.02 Å². The molecule has 118 valence electrons. The first kappa shape index (κ1) is 15.6. The van der Waals surface area contributed by atoms with Gasteiger partial charge < -0.3 is 9.84 Å². The molecule has 0 spiro atoms. The Labute approximate surface area is 140 Å². The van der Waals surface area contributed by atoms with Crippen LogP contribution >= 0.6 is 22.9 Å². The van der Waals surface area contributed by atoms with E-state index in [0.29, 0.717) is 41.1 Å². The minimum atomic E-state index is -0.118. The molecule has 0 atom stereocenters. The van der Waals surface area contributed by atoms with Crippen LogP contribution in [0.5, 0.6) is 0 Å². The molecular formula is C14H12ClN5O2S. The molecule has 23 heavy (non-hydrogen) atoms. The molecule has 9 heteroatoms. The molecule has 0 radical (unpaired) electrons. The zero-order valence-electron chi connectivity index (χ0n) is 11.9. The predicted octanol–water partition coefficient (Wildman–Crippen LogP) is 3.20. The molecule has 1 N–H and O–H groups in total. The molecule has 1 aromatic carbocycles. The van der Waals surface area contributed by atoms with Gasteiger partial charge in [-0.2, -0.15) is 4.98 Å². The smallest absolute Gasteiger partial charge is 0.226 e. The normalized spacial score (nSPS) is 10.7. The van der Waals surface area contributed by atoms with Crippen LogP contribution in [0.4, 0.5) is 5.13 Å². The first-order valence-corrected chi connectivity index (χ1v) is 8.11. The Morgan fingerprint density at radius 1 is 1.35 bits per heavy atom. The summed E-state index contributed by atoms with van der Waals surface area (Å²) in [6.07, 6.45) is 1.44. The van der Waals surface area contributed by atoms with Crippen LogP contribution in [0.1, 0.15) is 18.7 Å². The number of hydrogen-bond acceptors (Lipinski definition) is 7. The molecular weight excluding hydrogens is 338 g/mol. The summed E-state index contributed by atoms with van der Waals surface area (Å²) in [5.41, 5.74) is 2.28. The van der Waals surface area contributed by atoms with E-state index in [9.17, 15) is 4.79 Å². The van der Waals surface area contributed by atoms with Gasteiger partial charge in [0.2, 0.25) is 22.8 Å². The highest BCUT2D eigenvalue weighted by Gasteiger charge is 2.12. The Morgan fingerprint density at radius 2 is 2.22 bits per heavy atom. The molecule has 0 aliphatic rings. The molecule has 3 aromatic rings. The number of nitrogens with one attached hydrogen (secondary N) is 1. The first-order valence-electron chi connectivity index (χ1n) is 6.86. The highest BCUT2D eigenvalue weighted by molar-refractivity contribution is 7.13. The average Bonchev–Trinajstić information content (AvgIpc) is 3.20. The Kier molecular flexibility index (Phi) is 4.94. The summed E-state index contributed by atoms with van der Waals surface area (Å²) in [5, 5.41) is 15.0. The SMILES string of the molecule is O=C(CCCc1nc(-c2ccccc2Cl)no1)Nc1nncs1. The fraction of sp³-hybridized carbons (Fsp3) is 0.214. The van der Waals surface area contributed by atoms with Gasteiger partial charge in [-0.3, -0.25) is 4.79 Å². The quantitative estimate of drug-likeness (QED) is 0.734. The second kappa shape index (κ2) is 7.30. The van der Waals surface area contributed by atoms with E-state index < -0.39 is 0 Å². The zero-order valence-corrected chi connectivity index (χ0v) is 13.5. The summed E-state index contributed by atoms with van der Waals surface area (Å²) in [6, 6.07) is 7.29. The summed E-state index contributed by atoms with van der Waals surface area (Å²) in [7, 11) is 0. The van der Waals surface area contributed by atoms with Crippen molar-refractivity contribution in [3.8, 4) is 11.4 Å². The van der Waals surface area contributed by atoms with Crippen LogP contribution in [-0.4, -0.2) is 26.2 Å². The van der Waals surface area contributed by atoms with Crippen LogP contribution in [0, 0.1) is 0 Å². The van der Waals surface area contributed by atoms with Crippen LogP contribution in [-0.2, 0) is 11.2 Å².